The zero-order valence-corrected chi connectivity index (χ0v) is 15.0. The molecule has 1 unspecified atom stereocenters. The Bertz CT molecular complexity index is 950. The van der Waals surface area contributed by atoms with E-state index >= 15 is 0 Å². The minimum absolute atomic E-state index is 0.0162. The van der Waals surface area contributed by atoms with Crippen molar-refractivity contribution in [2.45, 2.75) is 24.7 Å². The van der Waals surface area contributed by atoms with Crippen molar-refractivity contribution in [2.75, 3.05) is 6.54 Å². The Labute approximate surface area is 147 Å². The summed E-state index contributed by atoms with van der Waals surface area (Å²) >= 11 is 0. The highest BCUT2D eigenvalue weighted by molar-refractivity contribution is 7.89. The fraction of sp³-hybridized carbons (Fsp3) is 0.211. The minimum atomic E-state index is -3.50. The van der Waals surface area contributed by atoms with Crippen molar-refractivity contribution < 1.29 is 12.9 Å². The predicted molar refractivity (Wildman–Crippen MR) is 96.7 cm³/mol. The average Bonchev–Trinajstić information content (AvgIpc) is 3.07. The van der Waals surface area contributed by atoms with Crippen molar-refractivity contribution in [2.24, 2.45) is 0 Å². The molecule has 3 rings (SSSR count). The maximum absolute atomic E-state index is 12.3. The van der Waals surface area contributed by atoms with E-state index < -0.39 is 10.0 Å². The normalized spacial score (nSPS) is 12.9. The molecule has 0 aliphatic rings. The molecule has 0 aliphatic carbocycles. The summed E-state index contributed by atoms with van der Waals surface area (Å²) in [6.07, 6.45) is 0. The molecule has 3 aromatic rings. The summed E-state index contributed by atoms with van der Waals surface area (Å²) in [5.41, 5.74) is 2.78. The molecular formula is C19H20N2O3S. The second-order valence-corrected chi connectivity index (χ2v) is 7.79. The molecule has 130 valence electrons. The molecule has 6 heteroatoms. The summed E-state index contributed by atoms with van der Waals surface area (Å²) in [6.45, 7) is 4.17. The Morgan fingerprint density at radius 1 is 1.08 bits per heavy atom. The lowest BCUT2D eigenvalue weighted by atomic mass is 9.98. The lowest BCUT2D eigenvalue weighted by Crippen LogP contribution is -2.27. The number of nitrogens with one attached hydrogen (secondary N) is 1. The van der Waals surface area contributed by atoms with Crippen LogP contribution in [0.1, 0.15) is 24.1 Å². The first-order valence-corrected chi connectivity index (χ1v) is 9.52. The Hall–Kier alpha value is -2.44. The summed E-state index contributed by atoms with van der Waals surface area (Å²) in [6, 6.07) is 18.1. The molecule has 0 amide bonds. The Morgan fingerprint density at radius 3 is 2.52 bits per heavy atom. The third-order valence-corrected chi connectivity index (χ3v) is 5.44. The van der Waals surface area contributed by atoms with Crippen molar-refractivity contribution in [1.29, 1.82) is 0 Å². The first kappa shape index (κ1) is 17.4. The fourth-order valence-corrected chi connectivity index (χ4v) is 3.69. The highest BCUT2D eigenvalue weighted by atomic mass is 32.2. The standard InChI is InChI=1S/C19H20N2O3S/c1-14(13-20-25(22,23)18-9-4-3-5-10-18)16-7-6-8-17(12-16)19-11-15(2)21-24-19/h3-12,14,20H,13H2,1-2H3. The minimum Gasteiger partial charge on any atom is -0.356 e. The first-order valence-electron chi connectivity index (χ1n) is 8.04. The number of benzene rings is 2. The summed E-state index contributed by atoms with van der Waals surface area (Å²) in [7, 11) is -3.50. The molecule has 0 bridgehead atoms. The predicted octanol–water partition coefficient (Wildman–Crippen LogP) is 3.73. The van der Waals surface area contributed by atoms with E-state index in [9.17, 15) is 8.42 Å². The summed E-state index contributed by atoms with van der Waals surface area (Å²) in [5.74, 6) is 0.721. The number of sulfonamides is 1. The van der Waals surface area contributed by atoms with Crippen LogP contribution in [0.4, 0.5) is 0 Å². The maximum atomic E-state index is 12.3. The molecule has 0 radical (unpaired) electrons. The fourth-order valence-electron chi connectivity index (χ4n) is 2.53. The van der Waals surface area contributed by atoms with Gasteiger partial charge in [-0.1, -0.05) is 48.5 Å². The van der Waals surface area contributed by atoms with Gasteiger partial charge in [-0.25, -0.2) is 13.1 Å². The van der Waals surface area contributed by atoms with E-state index in [2.05, 4.69) is 9.88 Å². The van der Waals surface area contributed by atoms with Crippen molar-refractivity contribution >= 4 is 10.0 Å². The molecule has 2 aromatic carbocycles. The van der Waals surface area contributed by atoms with Crippen LogP contribution in [0.2, 0.25) is 0 Å². The molecule has 0 spiro atoms. The highest BCUT2D eigenvalue weighted by Crippen LogP contribution is 2.24. The van der Waals surface area contributed by atoms with E-state index in [1.54, 1.807) is 30.3 Å². The van der Waals surface area contributed by atoms with Gasteiger partial charge in [0.05, 0.1) is 10.6 Å². The van der Waals surface area contributed by atoms with E-state index in [1.165, 1.54) is 0 Å². The molecule has 1 aromatic heterocycles. The molecule has 1 atom stereocenters. The van der Waals surface area contributed by atoms with Gasteiger partial charge in [0, 0.05) is 18.2 Å². The van der Waals surface area contributed by atoms with Crippen LogP contribution in [0, 0.1) is 6.92 Å². The van der Waals surface area contributed by atoms with Gasteiger partial charge >= 0.3 is 0 Å². The van der Waals surface area contributed by atoms with Crippen LogP contribution < -0.4 is 4.72 Å². The molecule has 0 fully saturated rings. The van der Waals surface area contributed by atoms with E-state index in [1.807, 2.05) is 44.2 Å². The van der Waals surface area contributed by atoms with Gasteiger partial charge < -0.3 is 4.52 Å². The zero-order chi connectivity index (χ0) is 17.9. The number of aromatic nitrogens is 1. The molecule has 5 nitrogen and oxygen atoms in total. The summed E-state index contributed by atoms with van der Waals surface area (Å²) < 4.78 is 32.6. The largest absolute Gasteiger partial charge is 0.356 e. The smallest absolute Gasteiger partial charge is 0.240 e. The monoisotopic (exact) mass is 356 g/mol. The van der Waals surface area contributed by atoms with Gasteiger partial charge in [-0.2, -0.15) is 0 Å². The van der Waals surface area contributed by atoms with Gasteiger partial charge in [0.2, 0.25) is 10.0 Å². The van der Waals surface area contributed by atoms with Gasteiger partial charge in [-0.15, -0.1) is 0 Å². The Kier molecular flexibility index (Phi) is 5.01. The number of rotatable bonds is 6. The maximum Gasteiger partial charge on any atom is 0.240 e. The molecule has 1 heterocycles. The highest BCUT2D eigenvalue weighted by Gasteiger charge is 2.16. The summed E-state index contributed by atoms with van der Waals surface area (Å²) in [4.78, 5) is 0.271. The van der Waals surface area contributed by atoms with Gasteiger partial charge in [-0.05, 0) is 36.6 Å². The van der Waals surface area contributed by atoms with Crippen LogP contribution >= 0.6 is 0 Å². The lowest BCUT2D eigenvalue weighted by Gasteiger charge is -2.14. The second kappa shape index (κ2) is 7.21. The van der Waals surface area contributed by atoms with Crippen molar-refractivity contribution in [3.05, 3.63) is 71.9 Å². The molecule has 1 N–H and O–H groups in total. The molecule has 0 aliphatic heterocycles. The molecule has 0 saturated heterocycles. The van der Waals surface area contributed by atoms with Gasteiger partial charge in [0.1, 0.15) is 0 Å². The van der Waals surface area contributed by atoms with Gasteiger partial charge in [0.25, 0.3) is 0 Å². The number of aryl methyl sites for hydroxylation is 1. The Balaban J connectivity index is 1.72. The van der Waals surface area contributed by atoms with Crippen LogP contribution in [-0.2, 0) is 10.0 Å². The quantitative estimate of drug-likeness (QED) is 0.730. The number of nitrogens with zero attached hydrogens (tertiary/aromatic N) is 1. The van der Waals surface area contributed by atoms with Crippen LogP contribution in [0.5, 0.6) is 0 Å². The van der Waals surface area contributed by atoms with Crippen LogP contribution in [-0.4, -0.2) is 20.1 Å². The van der Waals surface area contributed by atoms with Crippen LogP contribution in [0.15, 0.2) is 70.1 Å². The van der Waals surface area contributed by atoms with Gasteiger partial charge in [-0.3, -0.25) is 0 Å². The SMILES string of the molecule is Cc1cc(-c2cccc(C(C)CNS(=O)(=O)c3ccccc3)c2)on1. The summed E-state index contributed by atoms with van der Waals surface area (Å²) in [5, 5.41) is 3.90. The average molecular weight is 356 g/mol. The number of hydrogen-bond donors (Lipinski definition) is 1. The topological polar surface area (TPSA) is 72.2 Å². The molecule has 0 saturated carbocycles. The van der Waals surface area contributed by atoms with Crippen LogP contribution in [0.25, 0.3) is 11.3 Å². The van der Waals surface area contributed by atoms with E-state index in [4.69, 9.17) is 4.52 Å². The van der Waals surface area contributed by atoms with E-state index in [0.717, 1.165) is 16.8 Å². The second-order valence-electron chi connectivity index (χ2n) is 6.02. The first-order chi connectivity index (χ1) is 12.0. The Morgan fingerprint density at radius 2 is 1.84 bits per heavy atom. The van der Waals surface area contributed by atoms with Crippen molar-refractivity contribution in [3.8, 4) is 11.3 Å². The van der Waals surface area contributed by atoms with Crippen LogP contribution in [0.3, 0.4) is 0 Å². The molecule has 25 heavy (non-hydrogen) atoms. The third-order valence-electron chi connectivity index (χ3n) is 4.00. The number of hydrogen-bond acceptors (Lipinski definition) is 4. The zero-order valence-electron chi connectivity index (χ0n) is 14.1. The lowest BCUT2D eigenvalue weighted by molar-refractivity contribution is 0.427. The van der Waals surface area contributed by atoms with E-state index in [0.29, 0.717) is 12.3 Å². The third kappa shape index (κ3) is 4.15. The van der Waals surface area contributed by atoms with Crippen molar-refractivity contribution in [3.63, 3.8) is 0 Å². The van der Waals surface area contributed by atoms with Gasteiger partial charge in [0.15, 0.2) is 5.76 Å². The van der Waals surface area contributed by atoms with E-state index in [-0.39, 0.29) is 10.8 Å². The molecular weight excluding hydrogens is 336 g/mol. The van der Waals surface area contributed by atoms with Crippen molar-refractivity contribution in [1.82, 2.24) is 9.88 Å².